The quantitative estimate of drug-likeness (QED) is 0.186. The van der Waals surface area contributed by atoms with E-state index in [9.17, 15) is 23.2 Å². The largest absolute Gasteiger partial charge is 0.489 e. The van der Waals surface area contributed by atoms with Crippen molar-refractivity contribution in [3.05, 3.63) is 108 Å². The van der Waals surface area contributed by atoms with Gasteiger partial charge in [-0.05, 0) is 54.6 Å². The minimum Gasteiger partial charge on any atom is -0.489 e. The maximum Gasteiger partial charge on any atom is 0.276 e. The molecule has 10 nitrogen and oxygen atoms in total. The molecule has 0 fully saturated rings. The Balaban J connectivity index is 1.45. The Morgan fingerprint density at radius 3 is 2.32 bits per heavy atom. The molecule has 41 heavy (non-hydrogen) atoms. The number of carbonyl (C=O) groups is 1. The first kappa shape index (κ1) is 29.5. The van der Waals surface area contributed by atoms with Gasteiger partial charge in [0.05, 0.1) is 16.1 Å². The van der Waals surface area contributed by atoms with Crippen molar-refractivity contribution in [1.29, 1.82) is 0 Å². The fourth-order valence-corrected chi connectivity index (χ4v) is 7.08. The molecule has 3 aromatic carbocycles. The van der Waals surface area contributed by atoms with Crippen molar-refractivity contribution in [3.63, 3.8) is 0 Å². The second kappa shape index (κ2) is 11.7. The number of hydrogen-bond acceptors (Lipinski definition) is 6. The number of aromatic nitrogens is 2. The third-order valence-corrected chi connectivity index (χ3v) is 9.35. The standard InChI is InChI=1S/C26H20Cl4N4O6S/c27-15-2-1-14(21(30)12-15)13-40-19-3-5-20(6-4-19)41(38,39)33-8-7-22-23(24(33)25(35)32-37)26(36)34(31-22)18-10-16(28)9-17(29)11-18/h1-6,9-12,24,31,37H,7-8,13H2,(H,32,35). The van der Waals surface area contributed by atoms with Crippen LogP contribution in [0.3, 0.4) is 0 Å². The number of fused-ring (bicyclic) bond motifs is 1. The molecule has 0 bridgehead atoms. The van der Waals surface area contributed by atoms with E-state index in [0.717, 1.165) is 8.99 Å². The average Bonchev–Trinajstić information content (AvgIpc) is 3.27. The van der Waals surface area contributed by atoms with Crippen LogP contribution in [0.1, 0.15) is 22.9 Å². The number of hydrogen-bond donors (Lipinski definition) is 3. The third kappa shape index (κ3) is 5.84. The van der Waals surface area contributed by atoms with Crippen molar-refractivity contribution >= 4 is 62.3 Å². The minimum absolute atomic E-state index is 0.0867. The van der Waals surface area contributed by atoms with Gasteiger partial charge in [0.2, 0.25) is 10.0 Å². The molecule has 3 N–H and O–H groups in total. The molecule has 1 aliphatic rings. The predicted molar refractivity (Wildman–Crippen MR) is 154 cm³/mol. The van der Waals surface area contributed by atoms with Crippen molar-refractivity contribution in [2.24, 2.45) is 0 Å². The van der Waals surface area contributed by atoms with Crippen molar-refractivity contribution in [1.82, 2.24) is 19.6 Å². The van der Waals surface area contributed by atoms with Gasteiger partial charge >= 0.3 is 0 Å². The van der Waals surface area contributed by atoms with Crippen LogP contribution < -0.4 is 15.8 Å². The summed E-state index contributed by atoms with van der Waals surface area (Å²) in [6.45, 7) is -0.0374. The van der Waals surface area contributed by atoms with Crippen LogP contribution in [-0.2, 0) is 27.8 Å². The molecule has 214 valence electrons. The van der Waals surface area contributed by atoms with E-state index in [1.54, 1.807) is 18.2 Å². The minimum atomic E-state index is -4.32. The second-order valence-corrected chi connectivity index (χ2v) is 12.6. The van der Waals surface area contributed by atoms with Gasteiger partial charge in [-0.15, -0.1) is 0 Å². The Kier molecular flexibility index (Phi) is 8.40. The monoisotopic (exact) mass is 656 g/mol. The number of nitrogens with one attached hydrogen (secondary N) is 2. The summed E-state index contributed by atoms with van der Waals surface area (Å²) >= 11 is 24.3. The number of nitrogens with zero attached hydrogens (tertiary/aromatic N) is 2. The molecule has 1 amide bonds. The fourth-order valence-electron chi connectivity index (χ4n) is 4.54. The molecule has 0 aliphatic carbocycles. The Labute approximate surface area is 253 Å². The molecule has 1 atom stereocenters. The van der Waals surface area contributed by atoms with E-state index < -0.39 is 27.5 Å². The number of H-pyrrole nitrogens is 1. The maximum atomic E-state index is 13.7. The van der Waals surface area contributed by atoms with Gasteiger partial charge < -0.3 is 4.74 Å². The van der Waals surface area contributed by atoms with E-state index in [0.29, 0.717) is 27.1 Å². The van der Waals surface area contributed by atoms with Crippen LogP contribution in [0, 0.1) is 0 Å². The lowest BCUT2D eigenvalue weighted by Crippen LogP contribution is -2.48. The topological polar surface area (TPSA) is 134 Å². The summed E-state index contributed by atoms with van der Waals surface area (Å²) in [7, 11) is -4.32. The third-order valence-electron chi connectivity index (χ3n) is 6.45. The highest BCUT2D eigenvalue weighted by molar-refractivity contribution is 7.89. The lowest BCUT2D eigenvalue weighted by Gasteiger charge is -2.32. The number of sulfonamides is 1. The van der Waals surface area contributed by atoms with Gasteiger partial charge in [0.1, 0.15) is 18.4 Å². The first-order valence-corrected chi connectivity index (χ1v) is 14.9. The van der Waals surface area contributed by atoms with Gasteiger partial charge in [-0.2, -0.15) is 4.31 Å². The molecule has 4 aromatic rings. The van der Waals surface area contributed by atoms with E-state index in [-0.39, 0.29) is 45.8 Å². The number of halogens is 4. The van der Waals surface area contributed by atoms with Crippen LogP contribution >= 0.6 is 46.4 Å². The van der Waals surface area contributed by atoms with Crippen LogP contribution in [0.25, 0.3) is 5.69 Å². The zero-order valence-electron chi connectivity index (χ0n) is 20.8. The van der Waals surface area contributed by atoms with Gasteiger partial charge in [0, 0.05) is 44.3 Å². The van der Waals surface area contributed by atoms with Crippen molar-refractivity contribution in [2.45, 2.75) is 24.0 Å². The molecule has 5 rings (SSSR count). The van der Waals surface area contributed by atoms with Crippen molar-refractivity contribution in [2.75, 3.05) is 6.54 Å². The number of hydroxylamine groups is 1. The molecule has 15 heteroatoms. The number of amides is 1. The molecule has 1 aromatic heterocycles. The molecule has 0 saturated carbocycles. The van der Waals surface area contributed by atoms with Crippen LogP contribution in [-0.4, -0.2) is 40.2 Å². The summed E-state index contributed by atoms with van der Waals surface area (Å²) in [5.41, 5.74) is 1.95. The molecule has 1 unspecified atom stereocenters. The Bertz CT molecular complexity index is 1790. The summed E-state index contributed by atoms with van der Waals surface area (Å²) in [6.07, 6.45) is 0.0867. The molecule has 0 spiro atoms. The number of ether oxygens (including phenoxy) is 1. The van der Waals surface area contributed by atoms with Crippen LogP contribution in [0.2, 0.25) is 20.1 Å². The first-order chi connectivity index (χ1) is 19.5. The van der Waals surface area contributed by atoms with Gasteiger partial charge in [-0.25, -0.2) is 18.6 Å². The highest BCUT2D eigenvalue weighted by atomic mass is 35.5. The molecule has 0 saturated heterocycles. The SMILES string of the molecule is O=C(NO)C1c2c([nH]n(-c3cc(Cl)cc(Cl)c3)c2=O)CCN1S(=O)(=O)c1ccc(OCc2ccc(Cl)cc2Cl)cc1. The lowest BCUT2D eigenvalue weighted by molar-refractivity contribution is -0.133. The zero-order chi connectivity index (χ0) is 29.5. The summed E-state index contributed by atoms with van der Waals surface area (Å²) in [6, 6.07) is 13.3. The van der Waals surface area contributed by atoms with E-state index in [4.69, 9.17) is 51.1 Å². The number of carbonyl (C=O) groups excluding carboxylic acids is 1. The second-order valence-electron chi connectivity index (χ2n) is 9.01. The van der Waals surface area contributed by atoms with Crippen LogP contribution in [0.5, 0.6) is 5.75 Å². The predicted octanol–water partition coefficient (Wildman–Crippen LogP) is 5.15. The fraction of sp³-hybridized carbons (Fsp3) is 0.154. The van der Waals surface area contributed by atoms with Crippen molar-refractivity contribution < 1.29 is 23.2 Å². The average molecular weight is 658 g/mol. The summed E-state index contributed by atoms with van der Waals surface area (Å²) in [4.78, 5) is 26.2. The van der Waals surface area contributed by atoms with E-state index in [2.05, 4.69) is 5.10 Å². The Morgan fingerprint density at radius 2 is 1.68 bits per heavy atom. The highest BCUT2D eigenvalue weighted by Gasteiger charge is 2.44. The normalized spacial score (nSPS) is 15.4. The molecular formula is C26H20Cl4N4O6S. The van der Waals surface area contributed by atoms with Crippen LogP contribution in [0.4, 0.5) is 0 Å². The van der Waals surface area contributed by atoms with Gasteiger partial charge in [-0.3, -0.25) is 19.9 Å². The molecule has 2 heterocycles. The summed E-state index contributed by atoms with van der Waals surface area (Å²) in [5, 5.41) is 13.8. The van der Waals surface area contributed by atoms with E-state index in [1.165, 1.54) is 47.9 Å². The van der Waals surface area contributed by atoms with E-state index >= 15 is 0 Å². The first-order valence-electron chi connectivity index (χ1n) is 11.9. The maximum absolute atomic E-state index is 13.7. The molecule has 0 radical (unpaired) electrons. The highest BCUT2D eigenvalue weighted by Crippen LogP contribution is 2.34. The Morgan fingerprint density at radius 1 is 1.00 bits per heavy atom. The lowest BCUT2D eigenvalue weighted by atomic mass is 10.0. The van der Waals surface area contributed by atoms with E-state index in [1.807, 2.05) is 0 Å². The molecule has 1 aliphatic heterocycles. The van der Waals surface area contributed by atoms with Gasteiger partial charge in [0.15, 0.2) is 0 Å². The van der Waals surface area contributed by atoms with Crippen LogP contribution in [0.15, 0.2) is 70.4 Å². The zero-order valence-corrected chi connectivity index (χ0v) is 24.6. The van der Waals surface area contributed by atoms with Gasteiger partial charge in [0.25, 0.3) is 11.5 Å². The molecular weight excluding hydrogens is 638 g/mol. The van der Waals surface area contributed by atoms with Crippen molar-refractivity contribution in [3.8, 4) is 11.4 Å². The van der Waals surface area contributed by atoms with Gasteiger partial charge in [-0.1, -0.05) is 52.5 Å². The number of benzene rings is 3. The number of aromatic amines is 1. The Hall–Kier alpha value is -3.03. The smallest absolute Gasteiger partial charge is 0.276 e. The summed E-state index contributed by atoms with van der Waals surface area (Å²) < 4.78 is 35.1. The number of rotatable bonds is 7. The summed E-state index contributed by atoms with van der Waals surface area (Å²) in [5.74, 6) is -0.726.